The molecule has 2 heterocycles. The monoisotopic (exact) mass is 414 g/mol. The fraction of sp³-hybridized carbons (Fsp3) is 0.565. The van der Waals surface area contributed by atoms with Gasteiger partial charge in [-0.15, -0.1) is 0 Å². The van der Waals surface area contributed by atoms with Gasteiger partial charge in [0.05, 0.1) is 17.5 Å². The van der Waals surface area contributed by atoms with Gasteiger partial charge < -0.3 is 15.8 Å². The van der Waals surface area contributed by atoms with Crippen molar-refractivity contribution in [1.29, 1.82) is 5.26 Å². The number of carbonyl (C=O) groups is 3. The molecule has 0 aliphatic carbocycles. The zero-order valence-electron chi connectivity index (χ0n) is 18.5. The van der Waals surface area contributed by atoms with Crippen LogP contribution in [0.15, 0.2) is 30.3 Å². The van der Waals surface area contributed by atoms with Gasteiger partial charge in [-0.25, -0.2) is 0 Å². The summed E-state index contributed by atoms with van der Waals surface area (Å²) in [6, 6.07) is 12.4. The van der Waals surface area contributed by atoms with Crippen LogP contribution in [-0.2, 0) is 14.4 Å². The van der Waals surface area contributed by atoms with E-state index in [1.807, 2.05) is 58.2 Å². The number of rotatable bonds is 5. The normalized spacial score (nSPS) is 26.8. The van der Waals surface area contributed by atoms with E-state index in [1.165, 1.54) is 0 Å². The van der Waals surface area contributed by atoms with E-state index in [-0.39, 0.29) is 17.9 Å². The van der Waals surface area contributed by atoms with Crippen molar-refractivity contribution in [2.45, 2.75) is 64.5 Å². The van der Waals surface area contributed by atoms with Crippen LogP contribution >= 0.6 is 0 Å². The van der Waals surface area contributed by atoms with E-state index < -0.39 is 11.0 Å². The van der Waals surface area contributed by atoms with Crippen molar-refractivity contribution < 1.29 is 14.4 Å². The van der Waals surface area contributed by atoms with Gasteiger partial charge >= 0.3 is 0 Å². The van der Waals surface area contributed by atoms with E-state index in [4.69, 9.17) is 5.73 Å². The number of nitriles is 1. The fourth-order valence-electron chi connectivity index (χ4n) is 3.99. The Balaban J connectivity index is 0.000000342. The Morgan fingerprint density at radius 2 is 1.97 bits per heavy atom. The van der Waals surface area contributed by atoms with Crippen molar-refractivity contribution in [2.75, 3.05) is 13.6 Å². The van der Waals surface area contributed by atoms with E-state index in [0.717, 1.165) is 24.7 Å². The number of likely N-dealkylation sites (tertiary alicyclic amines) is 1. The second-order valence-corrected chi connectivity index (χ2v) is 8.02. The second-order valence-electron chi connectivity index (χ2n) is 8.02. The average molecular weight is 415 g/mol. The summed E-state index contributed by atoms with van der Waals surface area (Å²) in [6.07, 6.45) is 4.58. The number of hydrogen-bond acceptors (Lipinski definition) is 5. The summed E-state index contributed by atoms with van der Waals surface area (Å²) in [6.45, 7) is 6.50. The van der Waals surface area contributed by atoms with Crippen LogP contribution in [0.5, 0.6) is 0 Å². The Hall–Kier alpha value is -2.72. The highest BCUT2D eigenvalue weighted by Gasteiger charge is 2.64. The van der Waals surface area contributed by atoms with Gasteiger partial charge in [0.1, 0.15) is 11.8 Å². The number of likely N-dealkylation sites (N-methyl/N-ethyl adjacent to an activating group) is 1. The van der Waals surface area contributed by atoms with Gasteiger partial charge in [-0.05, 0) is 38.8 Å². The molecule has 30 heavy (non-hydrogen) atoms. The van der Waals surface area contributed by atoms with Crippen molar-refractivity contribution in [2.24, 2.45) is 11.1 Å². The van der Waals surface area contributed by atoms with Gasteiger partial charge in [0, 0.05) is 19.4 Å². The molecule has 3 atom stereocenters. The van der Waals surface area contributed by atoms with Crippen molar-refractivity contribution in [3.05, 3.63) is 35.9 Å². The highest BCUT2D eigenvalue weighted by Crippen LogP contribution is 2.54. The molecule has 1 spiro atoms. The van der Waals surface area contributed by atoms with E-state index in [0.29, 0.717) is 25.8 Å². The molecule has 0 bridgehead atoms. The molecule has 0 radical (unpaired) electrons. The summed E-state index contributed by atoms with van der Waals surface area (Å²) in [4.78, 5) is 33.3. The van der Waals surface area contributed by atoms with Crippen molar-refractivity contribution in [3.63, 3.8) is 0 Å². The summed E-state index contributed by atoms with van der Waals surface area (Å²) in [7, 11) is 1.96. The third-order valence-electron chi connectivity index (χ3n) is 5.56. The zero-order valence-corrected chi connectivity index (χ0v) is 18.5. The fourth-order valence-corrected chi connectivity index (χ4v) is 3.99. The predicted molar refractivity (Wildman–Crippen MR) is 116 cm³/mol. The van der Waals surface area contributed by atoms with E-state index in [2.05, 4.69) is 16.3 Å². The van der Waals surface area contributed by atoms with Crippen LogP contribution in [0.4, 0.5) is 0 Å². The lowest BCUT2D eigenvalue weighted by Crippen LogP contribution is -2.69. The summed E-state index contributed by atoms with van der Waals surface area (Å²) in [5.74, 6) is -0.160. The third-order valence-corrected chi connectivity index (χ3v) is 5.56. The van der Waals surface area contributed by atoms with Crippen LogP contribution in [0.2, 0.25) is 0 Å². The van der Waals surface area contributed by atoms with Gasteiger partial charge in [-0.3, -0.25) is 14.5 Å². The van der Waals surface area contributed by atoms with Crippen molar-refractivity contribution in [1.82, 2.24) is 10.2 Å². The number of carbonyl (C=O) groups excluding carboxylic acids is 3. The van der Waals surface area contributed by atoms with Crippen LogP contribution in [0.1, 0.15) is 64.5 Å². The molecule has 1 aromatic rings. The lowest BCUT2D eigenvalue weighted by atomic mass is 9.75. The summed E-state index contributed by atoms with van der Waals surface area (Å²) in [5, 5.41) is 12.4. The molecular formula is C23H34N4O3. The lowest BCUT2D eigenvalue weighted by molar-refractivity contribution is -0.141. The molecule has 2 amide bonds. The molecule has 0 saturated carbocycles. The van der Waals surface area contributed by atoms with Crippen molar-refractivity contribution in [3.8, 4) is 6.07 Å². The topological polar surface area (TPSA) is 116 Å². The second kappa shape index (κ2) is 11.5. The van der Waals surface area contributed by atoms with E-state index >= 15 is 0 Å². The Labute approximate surface area is 179 Å². The smallest absolute Gasteiger partial charge is 0.242 e. The Kier molecular flexibility index (Phi) is 9.67. The minimum atomic E-state index is -0.534. The largest absolute Gasteiger partial charge is 0.370 e. The number of β-lactam (4-membered cyclic amide) rings is 1. The maximum absolute atomic E-state index is 12.0. The molecule has 2 aliphatic rings. The summed E-state index contributed by atoms with van der Waals surface area (Å²) < 4.78 is 0. The first-order valence-electron chi connectivity index (χ1n) is 10.4. The quantitative estimate of drug-likeness (QED) is 0.568. The van der Waals surface area contributed by atoms with Crippen molar-refractivity contribution >= 4 is 18.1 Å². The molecule has 3 rings (SSSR count). The molecule has 2 fully saturated rings. The maximum atomic E-state index is 12.0. The molecule has 3 N–H and O–H groups in total. The van der Waals surface area contributed by atoms with Gasteiger partial charge in [-0.1, -0.05) is 44.2 Å². The number of aldehydes is 1. The first-order valence-corrected chi connectivity index (χ1v) is 10.4. The highest BCUT2D eigenvalue weighted by molar-refractivity contribution is 5.93. The van der Waals surface area contributed by atoms with Gasteiger partial charge in [-0.2, -0.15) is 5.26 Å². The number of nitrogens with zero attached hydrogens (tertiary/aromatic N) is 2. The van der Waals surface area contributed by atoms with Crippen LogP contribution < -0.4 is 11.1 Å². The maximum Gasteiger partial charge on any atom is 0.242 e. The standard InChI is InChI=1S/C15H17N3O.C4H9NO.C4H8O/c1-14(9-16)8-15(10-17-13(15)19)18(2)12(14)11-6-4-3-5-7-11;1-2-3-4(5)6;1-2-3-4-5/h3-7,12H,8,10H2,1-2H3,(H,17,19);2-3H2,1H3,(H2,5,6);4H,2-3H2,1H3. The molecule has 0 aromatic heterocycles. The number of nitrogens with two attached hydrogens (primary N) is 1. The number of benzene rings is 1. The number of hydrogen-bond donors (Lipinski definition) is 2. The molecule has 2 saturated heterocycles. The van der Waals surface area contributed by atoms with Crippen LogP contribution in [0.3, 0.4) is 0 Å². The SMILES string of the molecule is CCCC(N)=O.CCCC=O.CN1C(c2ccccc2)C(C)(C#N)CC12CNC2=O. The summed E-state index contributed by atoms with van der Waals surface area (Å²) in [5.41, 5.74) is 4.84. The average Bonchev–Trinajstić information content (AvgIpc) is 2.98. The molecule has 164 valence electrons. The molecule has 2 aliphatic heterocycles. The first-order chi connectivity index (χ1) is 14.2. The number of amides is 2. The van der Waals surface area contributed by atoms with Gasteiger partial charge in [0.25, 0.3) is 0 Å². The number of unbranched alkanes of at least 4 members (excludes halogenated alkanes) is 1. The molecule has 3 unspecified atom stereocenters. The van der Waals surface area contributed by atoms with Gasteiger partial charge in [0.2, 0.25) is 11.8 Å². The van der Waals surface area contributed by atoms with E-state index in [9.17, 15) is 19.6 Å². The first kappa shape index (κ1) is 25.3. The number of primary amides is 1. The highest BCUT2D eigenvalue weighted by atomic mass is 16.2. The lowest BCUT2D eigenvalue weighted by Gasteiger charge is -2.44. The molecular weight excluding hydrogens is 380 g/mol. The van der Waals surface area contributed by atoms with Crippen LogP contribution in [-0.4, -0.2) is 42.1 Å². The molecule has 7 heteroatoms. The minimum Gasteiger partial charge on any atom is -0.370 e. The number of nitrogens with one attached hydrogen (secondary N) is 1. The predicted octanol–water partition coefficient (Wildman–Crippen LogP) is 2.72. The van der Waals surface area contributed by atoms with Crippen LogP contribution in [0, 0.1) is 16.7 Å². The minimum absolute atomic E-state index is 0.0373. The van der Waals surface area contributed by atoms with E-state index in [1.54, 1.807) is 0 Å². The third kappa shape index (κ3) is 5.67. The van der Waals surface area contributed by atoms with Crippen LogP contribution in [0.25, 0.3) is 0 Å². The Morgan fingerprint density at radius 3 is 2.27 bits per heavy atom. The summed E-state index contributed by atoms with van der Waals surface area (Å²) >= 11 is 0. The zero-order chi connectivity index (χ0) is 22.8. The Bertz CT molecular complexity index is 761. The van der Waals surface area contributed by atoms with Gasteiger partial charge in [0.15, 0.2) is 0 Å². The molecule has 1 aromatic carbocycles. The molecule has 7 nitrogen and oxygen atoms in total. The Morgan fingerprint density at radius 1 is 1.33 bits per heavy atom.